The van der Waals surface area contributed by atoms with E-state index in [1.165, 1.54) is 6.07 Å². The van der Waals surface area contributed by atoms with Gasteiger partial charge in [-0.2, -0.15) is 0 Å². The number of aromatic nitrogens is 3. The van der Waals surface area contributed by atoms with Crippen molar-refractivity contribution < 1.29 is 9.18 Å². The highest BCUT2D eigenvalue weighted by Gasteiger charge is 2.14. The number of rotatable bonds is 5. The van der Waals surface area contributed by atoms with E-state index >= 15 is 0 Å². The fourth-order valence-electron chi connectivity index (χ4n) is 2.16. The minimum atomic E-state index is -0.401. The van der Waals surface area contributed by atoms with Gasteiger partial charge in [-0.25, -0.2) is 9.37 Å². The Balaban J connectivity index is 1.64. The van der Waals surface area contributed by atoms with Gasteiger partial charge in [-0.1, -0.05) is 53.2 Å². The number of nitrogens with zero attached hydrogens (tertiary/aromatic N) is 2. The zero-order valence-electron chi connectivity index (χ0n) is 13.5. The first-order valence-corrected chi connectivity index (χ1v) is 9.24. The van der Waals surface area contributed by atoms with E-state index in [0.29, 0.717) is 32.3 Å². The van der Waals surface area contributed by atoms with Gasteiger partial charge in [-0.3, -0.25) is 9.89 Å². The molecular formula is C17H13Cl2FN4OS. The molecule has 0 saturated carbocycles. The summed E-state index contributed by atoms with van der Waals surface area (Å²) in [4.78, 5) is 16.4. The fourth-order valence-corrected chi connectivity index (χ4v) is 3.23. The summed E-state index contributed by atoms with van der Waals surface area (Å²) < 4.78 is 13.8. The molecule has 0 aliphatic heterocycles. The molecule has 0 aliphatic rings. The van der Waals surface area contributed by atoms with E-state index in [2.05, 4.69) is 20.5 Å². The minimum absolute atomic E-state index is 0.0508. The molecule has 0 radical (unpaired) electrons. The SMILES string of the molecule is Cc1ccc(Cl)c(NC(=O)CSc2n[nH]c(-c3ccccc3F)n2)c1Cl. The summed E-state index contributed by atoms with van der Waals surface area (Å²) in [6.07, 6.45) is 0. The predicted octanol–water partition coefficient (Wildman–Crippen LogP) is 4.96. The van der Waals surface area contributed by atoms with E-state index in [4.69, 9.17) is 23.2 Å². The van der Waals surface area contributed by atoms with Gasteiger partial charge in [0.15, 0.2) is 5.82 Å². The molecule has 2 aromatic carbocycles. The highest BCUT2D eigenvalue weighted by atomic mass is 35.5. The van der Waals surface area contributed by atoms with Crippen LogP contribution in [-0.2, 0) is 4.79 Å². The number of halogens is 3. The Morgan fingerprint density at radius 2 is 2.04 bits per heavy atom. The van der Waals surface area contributed by atoms with Gasteiger partial charge in [0.25, 0.3) is 0 Å². The van der Waals surface area contributed by atoms with Crippen LogP contribution in [0.5, 0.6) is 0 Å². The molecule has 1 heterocycles. The molecule has 0 aliphatic carbocycles. The van der Waals surface area contributed by atoms with Crippen LogP contribution in [0.15, 0.2) is 41.6 Å². The molecule has 0 bridgehead atoms. The van der Waals surface area contributed by atoms with Crippen molar-refractivity contribution in [2.45, 2.75) is 12.1 Å². The molecule has 1 amide bonds. The molecule has 1 aromatic heterocycles. The number of thioether (sulfide) groups is 1. The number of carbonyl (C=O) groups excluding carboxylic acids is 1. The number of aryl methyl sites for hydroxylation is 1. The Morgan fingerprint density at radius 1 is 1.27 bits per heavy atom. The molecule has 2 N–H and O–H groups in total. The summed E-state index contributed by atoms with van der Waals surface area (Å²) in [6.45, 7) is 1.82. The number of anilines is 1. The Bertz CT molecular complexity index is 964. The minimum Gasteiger partial charge on any atom is -0.323 e. The number of hydrogen-bond acceptors (Lipinski definition) is 4. The smallest absolute Gasteiger partial charge is 0.234 e. The Labute approximate surface area is 163 Å². The second-order valence-electron chi connectivity index (χ2n) is 5.34. The third-order valence-electron chi connectivity index (χ3n) is 3.47. The van der Waals surface area contributed by atoms with Gasteiger partial charge in [0.05, 0.1) is 27.0 Å². The number of benzene rings is 2. The Kier molecular flexibility index (Phi) is 5.80. The monoisotopic (exact) mass is 410 g/mol. The Morgan fingerprint density at radius 3 is 2.81 bits per heavy atom. The summed E-state index contributed by atoms with van der Waals surface area (Å²) in [5.41, 5.74) is 1.50. The molecule has 0 saturated heterocycles. The molecule has 0 atom stereocenters. The largest absolute Gasteiger partial charge is 0.323 e. The lowest BCUT2D eigenvalue weighted by molar-refractivity contribution is -0.113. The van der Waals surface area contributed by atoms with Gasteiger partial charge >= 0.3 is 0 Å². The summed E-state index contributed by atoms with van der Waals surface area (Å²) in [6, 6.07) is 9.67. The van der Waals surface area contributed by atoms with Crippen molar-refractivity contribution in [3.63, 3.8) is 0 Å². The van der Waals surface area contributed by atoms with Gasteiger partial charge in [-0.05, 0) is 30.7 Å². The first kappa shape index (κ1) is 18.7. The molecule has 5 nitrogen and oxygen atoms in total. The zero-order chi connectivity index (χ0) is 18.7. The van der Waals surface area contributed by atoms with Crippen LogP contribution >= 0.6 is 35.0 Å². The van der Waals surface area contributed by atoms with E-state index < -0.39 is 5.82 Å². The number of aromatic amines is 1. The number of amides is 1. The van der Waals surface area contributed by atoms with Crippen LogP contribution in [0.1, 0.15) is 5.56 Å². The van der Waals surface area contributed by atoms with Gasteiger partial charge in [0.1, 0.15) is 5.82 Å². The summed E-state index contributed by atoms with van der Waals surface area (Å²) in [5.74, 6) is -0.353. The first-order valence-electron chi connectivity index (χ1n) is 7.50. The van der Waals surface area contributed by atoms with Crippen molar-refractivity contribution in [2.24, 2.45) is 0 Å². The van der Waals surface area contributed by atoms with Crippen LogP contribution in [0.4, 0.5) is 10.1 Å². The van der Waals surface area contributed by atoms with Crippen molar-refractivity contribution in [2.75, 3.05) is 11.1 Å². The van der Waals surface area contributed by atoms with Crippen LogP contribution < -0.4 is 5.32 Å². The van der Waals surface area contributed by atoms with Gasteiger partial charge in [0.2, 0.25) is 11.1 Å². The summed E-state index contributed by atoms with van der Waals surface area (Å²) in [7, 11) is 0. The lowest BCUT2D eigenvalue weighted by Gasteiger charge is -2.10. The van der Waals surface area contributed by atoms with Gasteiger partial charge in [-0.15, -0.1) is 5.10 Å². The van der Waals surface area contributed by atoms with Crippen LogP contribution in [0.2, 0.25) is 10.0 Å². The highest BCUT2D eigenvalue weighted by Crippen LogP contribution is 2.33. The Hall–Kier alpha value is -2.09. The number of carbonyl (C=O) groups is 1. The normalized spacial score (nSPS) is 10.8. The molecule has 0 spiro atoms. The predicted molar refractivity (Wildman–Crippen MR) is 102 cm³/mol. The van der Waals surface area contributed by atoms with Crippen molar-refractivity contribution in [3.05, 3.63) is 57.8 Å². The van der Waals surface area contributed by atoms with E-state index in [1.807, 2.05) is 6.92 Å². The van der Waals surface area contributed by atoms with Crippen molar-refractivity contribution in [1.29, 1.82) is 0 Å². The topological polar surface area (TPSA) is 70.7 Å². The molecule has 3 aromatic rings. The zero-order valence-corrected chi connectivity index (χ0v) is 15.8. The molecule has 0 fully saturated rings. The van der Waals surface area contributed by atoms with E-state index in [0.717, 1.165) is 17.3 Å². The molecular weight excluding hydrogens is 398 g/mol. The molecule has 3 rings (SSSR count). The quantitative estimate of drug-likeness (QED) is 0.583. The van der Waals surface area contributed by atoms with Crippen molar-refractivity contribution in [1.82, 2.24) is 15.2 Å². The maximum absolute atomic E-state index is 13.8. The van der Waals surface area contributed by atoms with Crippen LogP contribution in [0, 0.1) is 12.7 Å². The van der Waals surface area contributed by atoms with Gasteiger partial charge < -0.3 is 5.32 Å². The standard InChI is InChI=1S/C17H13Cl2FN4OS/c1-9-6-7-11(18)15(14(9)19)21-13(25)8-26-17-22-16(23-24-17)10-4-2-3-5-12(10)20/h2-7H,8H2,1H3,(H,21,25)(H,22,23,24). The average molecular weight is 411 g/mol. The molecule has 134 valence electrons. The second kappa shape index (κ2) is 8.07. The summed E-state index contributed by atoms with van der Waals surface area (Å²) >= 11 is 13.4. The van der Waals surface area contributed by atoms with Gasteiger partial charge in [0, 0.05) is 0 Å². The number of hydrogen-bond donors (Lipinski definition) is 2. The summed E-state index contributed by atoms with van der Waals surface area (Å²) in [5, 5.41) is 10.4. The second-order valence-corrected chi connectivity index (χ2v) is 7.06. The first-order chi connectivity index (χ1) is 12.5. The third kappa shape index (κ3) is 4.17. The number of nitrogens with one attached hydrogen (secondary N) is 2. The lowest BCUT2D eigenvalue weighted by atomic mass is 10.2. The van der Waals surface area contributed by atoms with Crippen molar-refractivity contribution >= 4 is 46.6 Å². The van der Waals surface area contributed by atoms with E-state index in [9.17, 15) is 9.18 Å². The van der Waals surface area contributed by atoms with Crippen LogP contribution in [-0.4, -0.2) is 26.8 Å². The fraction of sp³-hybridized carbons (Fsp3) is 0.118. The average Bonchev–Trinajstić information content (AvgIpc) is 3.09. The maximum atomic E-state index is 13.8. The maximum Gasteiger partial charge on any atom is 0.234 e. The lowest BCUT2D eigenvalue weighted by Crippen LogP contribution is -2.15. The third-order valence-corrected chi connectivity index (χ3v) is 5.12. The molecule has 9 heteroatoms. The van der Waals surface area contributed by atoms with Crippen LogP contribution in [0.3, 0.4) is 0 Å². The highest BCUT2D eigenvalue weighted by molar-refractivity contribution is 7.99. The molecule has 26 heavy (non-hydrogen) atoms. The van der Waals surface area contributed by atoms with E-state index in [-0.39, 0.29) is 11.7 Å². The molecule has 0 unspecified atom stereocenters. The van der Waals surface area contributed by atoms with Crippen LogP contribution in [0.25, 0.3) is 11.4 Å². The number of H-pyrrole nitrogens is 1. The van der Waals surface area contributed by atoms with E-state index in [1.54, 1.807) is 30.3 Å². The van der Waals surface area contributed by atoms with Crippen molar-refractivity contribution in [3.8, 4) is 11.4 Å².